The van der Waals surface area contributed by atoms with E-state index in [1.807, 2.05) is 0 Å². The summed E-state index contributed by atoms with van der Waals surface area (Å²) >= 11 is 11.6. The van der Waals surface area contributed by atoms with Gasteiger partial charge >= 0.3 is 0 Å². The van der Waals surface area contributed by atoms with E-state index in [1.54, 1.807) is 19.1 Å². The number of Topliss-reactive ketones (excluding diaryl/α,β-unsaturated/α-hetero) is 1. The highest BCUT2D eigenvalue weighted by Gasteiger charge is 2.20. The Kier molecular flexibility index (Phi) is 4.32. The summed E-state index contributed by atoms with van der Waals surface area (Å²) in [6.07, 6.45) is 0. The number of benzene rings is 1. The third kappa shape index (κ3) is 3.03. The summed E-state index contributed by atoms with van der Waals surface area (Å²) < 4.78 is 11.9. The van der Waals surface area contributed by atoms with Gasteiger partial charge in [-0.15, -0.1) is 0 Å². The van der Waals surface area contributed by atoms with Crippen LogP contribution in [-0.2, 0) is 15.6 Å². The van der Waals surface area contributed by atoms with Crippen LogP contribution < -0.4 is 0 Å². The van der Waals surface area contributed by atoms with Gasteiger partial charge in [0.1, 0.15) is 5.78 Å². The first-order chi connectivity index (χ1) is 6.93. The van der Waals surface area contributed by atoms with Crippen LogP contribution in [0.2, 0.25) is 10.0 Å². The van der Waals surface area contributed by atoms with Crippen molar-refractivity contribution in [3.05, 3.63) is 28.2 Å². The van der Waals surface area contributed by atoms with Gasteiger partial charge < -0.3 is 0 Å². The van der Waals surface area contributed by atoms with Crippen LogP contribution in [0.5, 0.6) is 0 Å². The van der Waals surface area contributed by atoms with Gasteiger partial charge in [0.25, 0.3) is 0 Å². The zero-order valence-corrected chi connectivity index (χ0v) is 10.6. The second kappa shape index (κ2) is 5.10. The molecule has 0 N–H and O–H groups in total. The highest BCUT2D eigenvalue weighted by molar-refractivity contribution is 7.86. The predicted molar refractivity (Wildman–Crippen MR) is 63.0 cm³/mol. The lowest BCUT2D eigenvalue weighted by Crippen LogP contribution is -2.19. The van der Waals surface area contributed by atoms with Crippen LogP contribution in [0.15, 0.2) is 23.1 Å². The normalized spacial score (nSPS) is 14.7. The largest absolute Gasteiger partial charge is 0.299 e. The van der Waals surface area contributed by atoms with Gasteiger partial charge in [-0.05, 0) is 32.0 Å². The molecule has 0 radical (unpaired) electrons. The van der Waals surface area contributed by atoms with Crippen molar-refractivity contribution >= 4 is 39.8 Å². The molecule has 1 aromatic carbocycles. The first-order valence-electron chi connectivity index (χ1n) is 4.29. The van der Waals surface area contributed by atoms with E-state index in [0.29, 0.717) is 14.9 Å². The van der Waals surface area contributed by atoms with Crippen LogP contribution in [0.3, 0.4) is 0 Å². The van der Waals surface area contributed by atoms with Gasteiger partial charge in [0.2, 0.25) is 0 Å². The van der Waals surface area contributed by atoms with E-state index in [-0.39, 0.29) is 5.78 Å². The Morgan fingerprint density at radius 1 is 1.40 bits per heavy atom. The Hall–Kier alpha value is -0.380. The monoisotopic (exact) mass is 264 g/mol. The number of carbonyl (C=O) groups excluding carboxylic acids is 1. The van der Waals surface area contributed by atoms with Crippen molar-refractivity contribution in [2.45, 2.75) is 24.0 Å². The smallest absolute Gasteiger partial charge is 0.145 e. The summed E-state index contributed by atoms with van der Waals surface area (Å²) in [6.45, 7) is 3.01. The maximum absolute atomic E-state index is 11.9. The van der Waals surface area contributed by atoms with E-state index >= 15 is 0 Å². The third-order valence-electron chi connectivity index (χ3n) is 2.00. The Morgan fingerprint density at radius 3 is 2.53 bits per heavy atom. The highest BCUT2D eigenvalue weighted by atomic mass is 35.5. The molecule has 82 valence electrons. The standard InChI is InChI=1S/C10H10Cl2O2S/c1-6(13)7(2)15(14)10-5-8(11)3-4-9(10)12/h3-5,7H,1-2H3. The molecule has 0 aliphatic heterocycles. The second-order valence-corrected chi connectivity index (χ2v) is 5.71. The second-order valence-electron chi connectivity index (χ2n) is 3.13. The van der Waals surface area contributed by atoms with Crippen LogP contribution in [0.1, 0.15) is 13.8 Å². The number of ketones is 1. The fourth-order valence-corrected chi connectivity index (χ4v) is 2.74. The number of halogens is 2. The summed E-state index contributed by atoms with van der Waals surface area (Å²) in [7, 11) is -1.45. The van der Waals surface area contributed by atoms with E-state index in [0.717, 1.165) is 0 Å². The molecular formula is C10H10Cl2O2S. The molecule has 0 fully saturated rings. The zero-order chi connectivity index (χ0) is 11.6. The van der Waals surface area contributed by atoms with Gasteiger partial charge in [0.15, 0.2) is 0 Å². The molecule has 15 heavy (non-hydrogen) atoms. The van der Waals surface area contributed by atoms with Crippen LogP contribution in [0, 0.1) is 0 Å². The fourth-order valence-electron chi connectivity index (χ4n) is 0.973. The minimum atomic E-state index is -1.45. The average Bonchev–Trinajstić information content (AvgIpc) is 2.19. The minimum Gasteiger partial charge on any atom is -0.299 e. The van der Waals surface area contributed by atoms with Crippen LogP contribution in [-0.4, -0.2) is 15.2 Å². The summed E-state index contributed by atoms with van der Waals surface area (Å²) in [6, 6.07) is 4.71. The van der Waals surface area contributed by atoms with Gasteiger partial charge in [-0.1, -0.05) is 23.2 Å². The topological polar surface area (TPSA) is 34.1 Å². The van der Waals surface area contributed by atoms with Crippen molar-refractivity contribution in [2.75, 3.05) is 0 Å². The average molecular weight is 265 g/mol. The first kappa shape index (κ1) is 12.7. The molecule has 2 nitrogen and oxygen atoms in total. The van der Waals surface area contributed by atoms with Gasteiger partial charge in [0.05, 0.1) is 26.0 Å². The molecule has 0 aliphatic carbocycles. The molecule has 2 atom stereocenters. The molecule has 1 rings (SSSR count). The van der Waals surface area contributed by atoms with Crippen molar-refractivity contribution in [1.82, 2.24) is 0 Å². The molecule has 1 aromatic rings. The first-order valence-corrected chi connectivity index (χ1v) is 6.26. The summed E-state index contributed by atoms with van der Waals surface area (Å²) in [5.41, 5.74) is 0. The molecule has 0 saturated carbocycles. The molecule has 2 unspecified atom stereocenters. The number of rotatable bonds is 3. The maximum Gasteiger partial charge on any atom is 0.145 e. The fraction of sp³-hybridized carbons (Fsp3) is 0.300. The van der Waals surface area contributed by atoms with Gasteiger partial charge in [0, 0.05) is 5.02 Å². The SMILES string of the molecule is CC(=O)C(C)S(=O)c1cc(Cl)ccc1Cl. The molecule has 0 saturated heterocycles. The summed E-state index contributed by atoms with van der Waals surface area (Å²) in [5.74, 6) is -0.135. The lowest BCUT2D eigenvalue weighted by atomic mass is 10.3. The van der Waals surface area contributed by atoms with Crippen LogP contribution >= 0.6 is 23.2 Å². The van der Waals surface area contributed by atoms with E-state index in [2.05, 4.69) is 0 Å². The molecule has 5 heteroatoms. The summed E-state index contributed by atoms with van der Waals surface area (Å²) in [5, 5.41) is 0.255. The molecule has 0 aromatic heterocycles. The van der Waals surface area contributed by atoms with E-state index in [4.69, 9.17) is 23.2 Å². The molecule has 0 bridgehead atoms. The molecule has 0 heterocycles. The number of hydrogen-bond donors (Lipinski definition) is 0. The van der Waals surface area contributed by atoms with E-state index < -0.39 is 16.0 Å². The van der Waals surface area contributed by atoms with Crippen molar-refractivity contribution in [2.24, 2.45) is 0 Å². The number of hydrogen-bond acceptors (Lipinski definition) is 2. The lowest BCUT2D eigenvalue weighted by Gasteiger charge is -2.09. The highest BCUT2D eigenvalue weighted by Crippen LogP contribution is 2.25. The zero-order valence-electron chi connectivity index (χ0n) is 8.29. The third-order valence-corrected chi connectivity index (χ3v) is 4.43. The Bertz CT molecular complexity index is 418. The Balaban J connectivity index is 3.11. The Morgan fingerprint density at radius 2 is 2.00 bits per heavy atom. The van der Waals surface area contributed by atoms with Crippen molar-refractivity contribution in [3.63, 3.8) is 0 Å². The lowest BCUT2D eigenvalue weighted by molar-refractivity contribution is -0.116. The van der Waals surface area contributed by atoms with Crippen LogP contribution in [0.25, 0.3) is 0 Å². The number of carbonyl (C=O) groups is 1. The summed E-state index contributed by atoms with van der Waals surface area (Å²) in [4.78, 5) is 11.5. The maximum atomic E-state index is 11.9. The minimum absolute atomic E-state index is 0.135. The quantitative estimate of drug-likeness (QED) is 0.841. The van der Waals surface area contributed by atoms with Crippen LogP contribution in [0.4, 0.5) is 0 Å². The Labute approximate surface area is 101 Å². The van der Waals surface area contributed by atoms with Gasteiger partial charge in [-0.3, -0.25) is 9.00 Å². The van der Waals surface area contributed by atoms with E-state index in [1.165, 1.54) is 13.0 Å². The van der Waals surface area contributed by atoms with Crippen molar-refractivity contribution < 1.29 is 9.00 Å². The van der Waals surface area contributed by atoms with Gasteiger partial charge in [-0.25, -0.2) is 0 Å². The molecule has 0 amide bonds. The molecular weight excluding hydrogens is 255 g/mol. The molecule has 0 spiro atoms. The van der Waals surface area contributed by atoms with E-state index in [9.17, 15) is 9.00 Å². The van der Waals surface area contributed by atoms with Crippen molar-refractivity contribution in [1.29, 1.82) is 0 Å². The molecule has 0 aliphatic rings. The van der Waals surface area contributed by atoms with Gasteiger partial charge in [-0.2, -0.15) is 0 Å². The predicted octanol–water partition coefficient (Wildman–Crippen LogP) is 3.08. The van der Waals surface area contributed by atoms with Crippen molar-refractivity contribution in [3.8, 4) is 0 Å².